The summed E-state index contributed by atoms with van der Waals surface area (Å²) >= 11 is 0. The van der Waals surface area contributed by atoms with Gasteiger partial charge in [-0.2, -0.15) is 0 Å². The Morgan fingerprint density at radius 3 is 2.74 bits per heavy atom. The standard InChI is InChI=1S/C15H23NO3/c1-17-13-4-3-5-14(9-13)19-10-11-6-7-12(16)8-15(11)18-2/h6-8,13-14H,3-5,9-10,16H2,1-2H3. The molecule has 1 aromatic rings. The third kappa shape index (κ3) is 3.85. The van der Waals surface area contributed by atoms with Crippen LogP contribution in [-0.4, -0.2) is 26.4 Å². The lowest BCUT2D eigenvalue weighted by molar-refractivity contribution is -0.0367. The molecule has 0 aliphatic heterocycles. The maximum absolute atomic E-state index is 5.98. The first-order valence-corrected chi connectivity index (χ1v) is 6.79. The number of methoxy groups -OCH3 is 2. The average molecular weight is 265 g/mol. The van der Waals surface area contributed by atoms with E-state index < -0.39 is 0 Å². The molecular formula is C15H23NO3. The number of anilines is 1. The molecule has 1 aromatic carbocycles. The maximum atomic E-state index is 5.98. The summed E-state index contributed by atoms with van der Waals surface area (Å²) in [5.74, 6) is 0.791. The van der Waals surface area contributed by atoms with Crippen molar-refractivity contribution in [1.29, 1.82) is 0 Å². The van der Waals surface area contributed by atoms with E-state index in [1.165, 1.54) is 6.42 Å². The first-order valence-electron chi connectivity index (χ1n) is 6.79. The van der Waals surface area contributed by atoms with Gasteiger partial charge in [0.1, 0.15) is 5.75 Å². The Bertz CT molecular complexity index is 408. The Balaban J connectivity index is 1.91. The minimum atomic E-state index is 0.279. The Morgan fingerprint density at radius 1 is 1.21 bits per heavy atom. The number of rotatable bonds is 5. The third-order valence-corrected chi connectivity index (χ3v) is 3.70. The normalized spacial score (nSPS) is 23.3. The van der Waals surface area contributed by atoms with Crippen LogP contribution in [0.4, 0.5) is 5.69 Å². The van der Waals surface area contributed by atoms with Crippen LogP contribution in [0.25, 0.3) is 0 Å². The van der Waals surface area contributed by atoms with E-state index in [1.807, 2.05) is 18.2 Å². The Hall–Kier alpha value is -1.26. The quantitative estimate of drug-likeness (QED) is 0.832. The maximum Gasteiger partial charge on any atom is 0.126 e. The van der Waals surface area contributed by atoms with Gasteiger partial charge < -0.3 is 19.9 Å². The number of nitrogen functional groups attached to an aromatic ring is 1. The number of hydrogen-bond acceptors (Lipinski definition) is 4. The molecule has 0 aromatic heterocycles. The highest BCUT2D eigenvalue weighted by Crippen LogP contribution is 2.26. The fraction of sp³-hybridized carbons (Fsp3) is 0.600. The molecule has 2 N–H and O–H groups in total. The van der Waals surface area contributed by atoms with E-state index in [9.17, 15) is 0 Å². The summed E-state index contributed by atoms with van der Waals surface area (Å²) in [6, 6.07) is 5.67. The van der Waals surface area contributed by atoms with Gasteiger partial charge in [0.25, 0.3) is 0 Å². The van der Waals surface area contributed by atoms with E-state index in [0.29, 0.717) is 18.4 Å². The molecule has 4 nitrogen and oxygen atoms in total. The highest BCUT2D eigenvalue weighted by molar-refractivity contribution is 5.48. The van der Waals surface area contributed by atoms with Gasteiger partial charge in [0, 0.05) is 24.4 Å². The van der Waals surface area contributed by atoms with Crippen LogP contribution in [0.1, 0.15) is 31.2 Å². The van der Waals surface area contributed by atoms with Gasteiger partial charge in [-0.1, -0.05) is 6.07 Å². The van der Waals surface area contributed by atoms with E-state index in [1.54, 1.807) is 14.2 Å². The monoisotopic (exact) mass is 265 g/mol. The van der Waals surface area contributed by atoms with E-state index in [-0.39, 0.29) is 6.10 Å². The van der Waals surface area contributed by atoms with Crippen molar-refractivity contribution in [3.63, 3.8) is 0 Å². The fourth-order valence-corrected chi connectivity index (χ4v) is 2.56. The highest BCUT2D eigenvalue weighted by atomic mass is 16.5. The molecule has 1 saturated carbocycles. The van der Waals surface area contributed by atoms with Crippen molar-refractivity contribution >= 4 is 5.69 Å². The van der Waals surface area contributed by atoms with Crippen LogP contribution in [0.15, 0.2) is 18.2 Å². The van der Waals surface area contributed by atoms with Crippen molar-refractivity contribution in [2.24, 2.45) is 0 Å². The Morgan fingerprint density at radius 2 is 2.00 bits per heavy atom. The van der Waals surface area contributed by atoms with Crippen LogP contribution in [0, 0.1) is 0 Å². The van der Waals surface area contributed by atoms with Crippen LogP contribution in [-0.2, 0) is 16.1 Å². The molecule has 0 spiro atoms. The first kappa shape index (κ1) is 14.2. The fourth-order valence-electron chi connectivity index (χ4n) is 2.56. The second-order valence-electron chi connectivity index (χ2n) is 5.03. The van der Waals surface area contributed by atoms with E-state index in [0.717, 1.165) is 30.6 Å². The SMILES string of the molecule is COc1cc(N)ccc1COC1CCCC(OC)C1. The summed E-state index contributed by atoms with van der Waals surface area (Å²) in [5, 5.41) is 0. The molecule has 4 heteroatoms. The highest BCUT2D eigenvalue weighted by Gasteiger charge is 2.22. The second-order valence-corrected chi connectivity index (χ2v) is 5.03. The largest absolute Gasteiger partial charge is 0.496 e. The molecule has 0 radical (unpaired) electrons. The topological polar surface area (TPSA) is 53.7 Å². The summed E-state index contributed by atoms with van der Waals surface area (Å²) in [7, 11) is 3.43. The first-order chi connectivity index (χ1) is 9.22. The van der Waals surface area contributed by atoms with Crippen molar-refractivity contribution in [3.8, 4) is 5.75 Å². The minimum absolute atomic E-state index is 0.279. The molecule has 19 heavy (non-hydrogen) atoms. The van der Waals surface area contributed by atoms with Crippen molar-refractivity contribution in [1.82, 2.24) is 0 Å². The van der Waals surface area contributed by atoms with E-state index >= 15 is 0 Å². The molecule has 1 aliphatic rings. The third-order valence-electron chi connectivity index (χ3n) is 3.70. The Kier molecular flexibility index (Phi) is 5.05. The van der Waals surface area contributed by atoms with Gasteiger partial charge in [-0.25, -0.2) is 0 Å². The van der Waals surface area contributed by atoms with Gasteiger partial charge in [-0.3, -0.25) is 0 Å². The lowest BCUT2D eigenvalue weighted by Gasteiger charge is -2.28. The van der Waals surface area contributed by atoms with Gasteiger partial charge >= 0.3 is 0 Å². The van der Waals surface area contributed by atoms with Gasteiger partial charge in [-0.15, -0.1) is 0 Å². The summed E-state index contributed by atoms with van der Waals surface area (Å²) in [6.45, 7) is 0.560. The van der Waals surface area contributed by atoms with Crippen LogP contribution in [0.2, 0.25) is 0 Å². The number of ether oxygens (including phenoxy) is 3. The number of nitrogens with two attached hydrogens (primary N) is 1. The molecule has 0 amide bonds. The molecule has 0 saturated heterocycles. The van der Waals surface area contributed by atoms with E-state index in [4.69, 9.17) is 19.9 Å². The molecule has 1 aliphatic carbocycles. The molecular weight excluding hydrogens is 242 g/mol. The van der Waals surface area contributed by atoms with Gasteiger partial charge in [0.15, 0.2) is 0 Å². The van der Waals surface area contributed by atoms with Crippen molar-refractivity contribution in [3.05, 3.63) is 23.8 Å². The average Bonchev–Trinajstić information content (AvgIpc) is 2.46. The van der Waals surface area contributed by atoms with Crippen LogP contribution in [0.5, 0.6) is 5.75 Å². The van der Waals surface area contributed by atoms with Gasteiger partial charge in [0.2, 0.25) is 0 Å². The molecule has 2 unspecified atom stereocenters. The zero-order valence-electron chi connectivity index (χ0n) is 11.7. The van der Waals surface area contributed by atoms with Crippen molar-refractivity contribution in [2.45, 2.75) is 44.5 Å². The summed E-state index contributed by atoms with van der Waals surface area (Å²) in [4.78, 5) is 0. The lowest BCUT2D eigenvalue weighted by Crippen LogP contribution is -2.27. The van der Waals surface area contributed by atoms with Crippen molar-refractivity contribution in [2.75, 3.05) is 20.0 Å². The zero-order valence-corrected chi connectivity index (χ0v) is 11.7. The summed E-state index contributed by atoms with van der Waals surface area (Å²) in [6.07, 6.45) is 5.02. The van der Waals surface area contributed by atoms with E-state index in [2.05, 4.69) is 0 Å². The van der Waals surface area contributed by atoms with Crippen LogP contribution < -0.4 is 10.5 Å². The second kappa shape index (κ2) is 6.78. The van der Waals surface area contributed by atoms with Gasteiger partial charge in [0.05, 0.1) is 25.9 Å². The number of benzene rings is 1. The van der Waals surface area contributed by atoms with Gasteiger partial charge in [-0.05, 0) is 31.7 Å². The predicted octanol–water partition coefficient (Wildman–Crippen LogP) is 2.75. The minimum Gasteiger partial charge on any atom is -0.496 e. The molecule has 2 atom stereocenters. The molecule has 106 valence electrons. The number of hydrogen-bond donors (Lipinski definition) is 1. The zero-order chi connectivity index (χ0) is 13.7. The molecule has 0 bridgehead atoms. The molecule has 2 rings (SSSR count). The smallest absolute Gasteiger partial charge is 0.126 e. The van der Waals surface area contributed by atoms with Crippen LogP contribution in [0.3, 0.4) is 0 Å². The molecule has 1 fully saturated rings. The summed E-state index contributed by atoms with van der Waals surface area (Å²) in [5.41, 5.74) is 7.49. The summed E-state index contributed by atoms with van der Waals surface area (Å²) < 4.78 is 16.7. The Labute approximate surface area is 114 Å². The molecule has 0 heterocycles. The van der Waals surface area contributed by atoms with Crippen molar-refractivity contribution < 1.29 is 14.2 Å². The van der Waals surface area contributed by atoms with Crippen LogP contribution >= 0.6 is 0 Å². The lowest BCUT2D eigenvalue weighted by atomic mass is 9.95. The predicted molar refractivity (Wildman–Crippen MR) is 75.2 cm³/mol.